The van der Waals surface area contributed by atoms with Gasteiger partial charge in [0.05, 0.1) is 139 Å². The number of nitrogens with two attached hydrogens (primary N) is 1. The predicted octanol–water partition coefficient (Wildman–Crippen LogP) is 1.49. The maximum absolute atomic E-state index is 6.17. The fourth-order valence-electron chi connectivity index (χ4n) is 3.63. The van der Waals surface area contributed by atoms with E-state index in [0.717, 1.165) is 0 Å². The summed E-state index contributed by atoms with van der Waals surface area (Å²) in [7, 11) is 4.90. The molecule has 1 rings (SSSR count). The number of methoxy groups -OCH3 is 3. The molecule has 288 valence electrons. The Hall–Kier alpha value is -2.06. The Morgan fingerprint density at radius 1 is 0.327 bits per heavy atom. The maximum atomic E-state index is 6.17. The summed E-state index contributed by atoms with van der Waals surface area (Å²) in [6, 6.07) is 3.37. The second-order valence-corrected chi connectivity index (χ2v) is 9.88. The first-order valence-electron chi connectivity index (χ1n) is 16.7. The number of hydrogen-bond acceptors (Lipinski definition) is 16. The van der Waals surface area contributed by atoms with Gasteiger partial charge < -0.3 is 76.8 Å². The SMILES string of the molecule is COCCOCCOCCOCCOc1cc(N)cc(OCCOCCOCCOCCOC)c1OCCOCCOCCOCCOC. The summed E-state index contributed by atoms with van der Waals surface area (Å²) in [6.07, 6.45) is 0. The van der Waals surface area contributed by atoms with E-state index in [-0.39, 0.29) is 19.8 Å². The van der Waals surface area contributed by atoms with E-state index in [0.29, 0.717) is 162 Å². The van der Waals surface area contributed by atoms with E-state index >= 15 is 0 Å². The van der Waals surface area contributed by atoms with E-state index in [2.05, 4.69) is 0 Å². The molecule has 16 heteroatoms. The predicted molar refractivity (Wildman–Crippen MR) is 180 cm³/mol. The molecule has 0 aliphatic rings. The van der Waals surface area contributed by atoms with Gasteiger partial charge in [0.25, 0.3) is 0 Å². The molecule has 0 bridgehead atoms. The Kier molecular flexibility index (Phi) is 32.8. The zero-order valence-corrected chi connectivity index (χ0v) is 29.8. The van der Waals surface area contributed by atoms with Gasteiger partial charge in [-0.05, 0) is 0 Å². The molecule has 1 aromatic rings. The quantitative estimate of drug-likeness (QED) is 0.0771. The van der Waals surface area contributed by atoms with Gasteiger partial charge in [-0.3, -0.25) is 0 Å². The van der Waals surface area contributed by atoms with Gasteiger partial charge in [-0.2, -0.15) is 0 Å². The Morgan fingerprint density at radius 2 is 0.551 bits per heavy atom. The molecular formula is C33H61NO15. The molecule has 0 atom stereocenters. The first-order valence-corrected chi connectivity index (χ1v) is 16.7. The molecule has 0 aromatic heterocycles. The fraction of sp³-hybridized carbons (Fsp3) is 0.818. The van der Waals surface area contributed by atoms with Gasteiger partial charge in [0, 0.05) is 39.1 Å². The average molecular weight is 712 g/mol. The zero-order chi connectivity index (χ0) is 35.3. The zero-order valence-electron chi connectivity index (χ0n) is 29.8. The molecule has 16 nitrogen and oxygen atoms in total. The second-order valence-electron chi connectivity index (χ2n) is 9.88. The molecule has 0 heterocycles. The Balaban J connectivity index is 2.44. The minimum Gasteiger partial charge on any atom is -0.487 e. The minimum atomic E-state index is 0.253. The van der Waals surface area contributed by atoms with Crippen LogP contribution in [0.3, 0.4) is 0 Å². The van der Waals surface area contributed by atoms with Crippen LogP contribution in [0, 0.1) is 0 Å². The van der Waals surface area contributed by atoms with Gasteiger partial charge in [-0.25, -0.2) is 0 Å². The van der Waals surface area contributed by atoms with E-state index in [1.807, 2.05) is 0 Å². The lowest BCUT2D eigenvalue weighted by molar-refractivity contribution is -0.00159. The first-order chi connectivity index (χ1) is 24.2. The number of anilines is 1. The summed E-state index contributed by atoms with van der Waals surface area (Å²) in [5.74, 6) is 1.28. The third-order valence-corrected chi connectivity index (χ3v) is 6.02. The average Bonchev–Trinajstić information content (AvgIpc) is 3.10. The summed E-state index contributed by atoms with van der Waals surface area (Å²) in [5.41, 5.74) is 6.63. The van der Waals surface area contributed by atoms with Gasteiger partial charge in [0.1, 0.15) is 19.8 Å². The van der Waals surface area contributed by atoms with Crippen molar-refractivity contribution in [3.05, 3.63) is 12.1 Å². The number of hydrogen-bond donors (Lipinski definition) is 1. The lowest BCUT2D eigenvalue weighted by atomic mass is 10.2. The van der Waals surface area contributed by atoms with Crippen molar-refractivity contribution in [2.45, 2.75) is 0 Å². The summed E-state index contributed by atoms with van der Waals surface area (Å²) in [5, 5.41) is 0. The minimum absolute atomic E-state index is 0.253. The third-order valence-electron chi connectivity index (χ3n) is 6.02. The number of benzene rings is 1. The molecule has 0 saturated heterocycles. The lowest BCUT2D eigenvalue weighted by Gasteiger charge is -2.18. The van der Waals surface area contributed by atoms with Crippen molar-refractivity contribution in [2.24, 2.45) is 0 Å². The van der Waals surface area contributed by atoms with Gasteiger partial charge in [-0.1, -0.05) is 0 Å². The van der Waals surface area contributed by atoms with Crippen LogP contribution < -0.4 is 19.9 Å². The second kappa shape index (κ2) is 35.8. The molecule has 0 radical (unpaired) electrons. The molecule has 0 amide bonds. The van der Waals surface area contributed by atoms with Crippen LogP contribution in [0.4, 0.5) is 5.69 Å². The van der Waals surface area contributed by atoms with Crippen LogP contribution in [0.25, 0.3) is 0 Å². The van der Waals surface area contributed by atoms with Crippen LogP contribution in [0.5, 0.6) is 17.2 Å². The molecular weight excluding hydrogens is 650 g/mol. The normalized spacial score (nSPS) is 11.3. The van der Waals surface area contributed by atoms with E-state index in [4.69, 9.17) is 76.8 Å². The molecule has 0 fully saturated rings. The Labute approximate surface area is 291 Å². The number of rotatable bonds is 39. The molecule has 0 unspecified atom stereocenters. The van der Waals surface area contributed by atoms with Gasteiger partial charge in [0.15, 0.2) is 11.5 Å². The van der Waals surface area contributed by atoms with Crippen LogP contribution in [-0.4, -0.2) is 180 Å². The van der Waals surface area contributed by atoms with E-state index in [9.17, 15) is 0 Å². The molecule has 1 aromatic carbocycles. The van der Waals surface area contributed by atoms with Crippen molar-refractivity contribution >= 4 is 5.69 Å². The maximum Gasteiger partial charge on any atom is 0.203 e. The van der Waals surface area contributed by atoms with Crippen molar-refractivity contribution in [3.8, 4) is 17.2 Å². The highest BCUT2D eigenvalue weighted by Crippen LogP contribution is 2.40. The van der Waals surface area contributed by atoms with Crippen LogP contribution in [0.2, 0.25) is 0 Å². The van der Waals surface area contributed by atoms with Gasteiger partial charge >= 0.3 is 0 Å². The monoisotopic (exact) mass is 711 g/mol. The molecule has 0 spiro atoms. The van der Waals surface area contributed by atoms with E-state index < -0.39 is 0 Å². The van der Waals surface area contributed by atoms with Gasteiger partial charge in [-0.15, -0.1) is 0 Å². The highest BCUT2D eigenvalue weighted by molar-refractivity contribution is 5.60. The molecule has 0 aliphatic carbocycles. The first kappa shape index (κ1) is 45.0. The van der Waals surface area contributed by atoms with Crippen molar-refractivity contribution < 1.29 is 71.1 Å². The fourth-order valence-corrected chi connectivity index (χ4v) is 3.63. The molecule has 49 heavy (non-hydrogen) atoms. The van der Waals surface area contributed by atoms with Crippen LogP contribution in [-0.2, 0) is 56.8 Å². The van der Waals surface area contributed by atoms with E-state index in [1.165, 1.54) is 0 Å². The smallest absolute Gasteiger partial charge is 0.203 e. The van der Waals surface area contributed by atoms with Crippen molar-refractivity contribution in [3.63, 3.8) is 0 Å². The van der Waals surface area contributed by atoms with Crippen molar-refractivity contribution in [2.75, 3.05) is 186 Å². The van der Waals surface area contributed by atoms with Crippen molar-refractivity contribution in [1.29, 1.82) is 0 Å². The summed E-state index contributed by atoms with van der Waals surface area (Å²) in [4.78, 5) is 0. The summed E-state index contributed by atoms with van der Waals surface area (Å²) >= 11 is 0. The molecule has 0 saturated carbocycles. The number of ether oxygens (including phenoxy) is 15. The molecule has 0 aliphatic heterocycles. The lowest BCUT2D eigenvalue weighted by Crippen LogP contribution is -2.16. The highest BCUT2D eigenvalue weighted by Gasteiger charge is 2.15. The summed E-state index contributed by atoms with van der Waals surface area (Å²) < 4.78 is 82.3. The van der Waals surface area contributed by atoms with Gasteiger partial charge in [0.2, 0.25) is 5.75 Å². The number of nitrogen functional groups attached to an aromatic ring is 1. The highest BCUT2D eigenvalue weighted by atomic mass is 16.6. The van der Waals surface area contributed by atoms with Crippen molar-refractivity contribution in [1.82, 2.24) is 0 Å². The molecule has 2 N–H and O–H groups in total. The van der Waals surface area contributed by atoms with E-state index in [1.54, 1.807) is 33.5 Å². The standard InChI is InChI=1S/C33H61NO15/c1-35-4-7-38-10-13-41-16-19-44-22-25-47-31-28-30(34)29-32(48-26-23-45-20-17-42-14-11-39-8-5-36-2)33(31)49-27-24-46-21-18-43-15-12-40-9-6-37-3/h28-29H,4-27,34H2,1-3H3. The summed E-state index contributed by atoms with van der Waals surface area (Å²) in [6.45, 7) is 10.7. The largest absolute Gasteiger partial charge is 0.487 e. The third kappa shape index (κ3) is 28.3. The Bertz CT molecular complexity index is 790. The Morgan fingerprint density at radius 3 is 0.816 bits per heavy atom. The topological polar surface area (TPSA) is 164 Å². The van der Waals surface area contributed by atoms with Crippen LogP contribution >= 0.6 is 0 Å². The van der Waals surface area contributed by atoms with Crippen LogP contribution in [0.1, 0.15) is 0 Å². The van der Waals surface area contributed by atoms with Crippen LogP contribution in [0.15, 0.2) is 12.1 Å².